The molecule has 7 nitrogen and oxygen atoms in total. The van der Waals surface area contributed by atoms with Gasteiger partial charge in [-0.3, -0.25) is 14.9 Å². The molecule has 1 aromatic rings. The first-order valence-electron chi connectivity index (χ1n) is 6.92. The lowest BCUT2D eigenvalue weighted by molar-refractivity contribution is -0.384. The van der Waals surface area contributed by atoms with Crippen molar-refractivity contribution >= 4 is 17.3 Å². The number of non-ortho nitro benzene ring substituents is 1. The standard InChI is InChI=1S/C14H20N4O3/c1-9-8-17(2)6-5-13(9)16-14(19)11-7-10(18(20)21)3-4-12(11)15/h3-4,7,9,13H,5-6,8,15H2,1-2H3,(H,16,19). The number of hydrogen-bond acceptors (Lipinski definition) is 5. The third-order valence-corrected chi connectivity index (χ3v) is 3.92. The van der Waals surface area contributed by atoms with Crippen LogP contribution in [0.15, 0.2) is 18.2 Å². The molecule has 1 fully saturated rings. The summed E-state index contributed by atoms with van der Waals surface area (Å²) in [5.41, 5.74) is 6.04. The molecule has 0 radical (unpaired) electrons. The maximum Gasteiger partial charge on any atom is 0.270 e. The second-order valence-electron chi connectivity index (χ2n) is 5.64. The zero-order valence-corrected chi connectivity index (χ0v) is 12.2. The van der Waals surface area contributed by atoms with E-state index < -0.39 is 4.92 Å². The summed E-state index contributed by atoms with van der Waals surface area (Å²) in [6.07, 6.45) is 0.859. The van der Waals surface area contributed by atoms with Gasteiger partial charge in [0.1, 0.15) is 0 Å². The number of benzene rings is 1. The van der Waals surface area contributed by atoms with Crippen LogP contribution >= 0.6 is 0 Å². The number of carbonyl (C=O) groups is 1. The number of amides is 1. The van der Waals surface area contributed by atoms with E-state index in [0.717, 1.165) is 19.5 Å². The van der Waals surface area contributed by atoms with E-state index in [4.69, 9.17) is 5.73 Å². The molecule has 1 aliphatic rings. The monoisotopic (exact) mass is 292 g/mol. The smallest absolute Gasteiger partial charge is 0.270 e. The Morgan fingerprint density at radius 2 is 2.24 bits per heavy atom. The van der Waals surface area contributed by atoms with Crippen LogP contribution in [0.5, 0.6) is 0 Å². The lowest BCUT2D eigenvalue weighted by atomic mass is 9.94. The molecule has 21 heavy (non-hydrogen) atoms. The SMILES string of the molecule is CC1CN(C)CCC1NC(=O)c1cc([N+](=O)[O-])ccc1N. The summed E-state index contributed by atoms with van der Waals surface area (Å²) in [6, 6.07) is 3.98. The van der Waals surface area contributed by atoms with E-state index in [9.17, 15) is 14.9 Å². The highest BCUT2D eigenvalue weighted by Gasteiger charge is 2.26. The molecule has 0 bridgehead atoms. The first kappa shape index (κ1) is 15.2. The van der Waals surface area contributed by atoms with Gasteiger partial charge in [0.05, 0.1) is 10.5 Å². The van der Waals surface area contributed by atoms with Crippen LogP contribution in [0.25, 0.3) is 0 Å². The van der Waals surface area contributed by atoms with Crippen molar-refractivity contribution in [3.8, 4) is 0 Å². The second kappa shape index (κ2) is 6.09. The first-order chi connectivity index (χ1) is 9.88. The molecule has 7 heteroatoms. The molecular weight excluding hydrogens is 272 g/mol. The van der Waals surface area contributed by atoms with Crippen LogP contribution < -0.4 is 11.1 Å². The number of anilines is 1. The number of nitrogens with one attached hydrogen (secondary N) is 1. The fourth-order valence-electron chi connectivity index (χ4n) is 2.67. The number of nitro groups is 1. The average Bonchev–Trinajstić information content (AvgIpc) is 2.42. The number of carbonyl (C=O) groups excluding carboxylic acids is 1. The molecule has 3 N–H and O–H groups in total. The Morgan fingerprint density at radius 3 is 2.86 bits per heavy atom. The van der Waals surface area contributed by atoms with Crippen LogP contribution in [-0.4, -0.2) is 41.9 Å². The fraction of sp³-hybridized carbons (Fsp3) is 0.500. The Kier molecular flexibility index (Phi) is 4.42. The molecule has 1 aliphatic heterocycles. The quantitative estimate of drug-likeness (QED) is 0.496. The van der Waals surface area contributed by atoms with E-state index in [1.807, 2.05) is 7.05 Å². The van der Waals surface area contributed by atoms with E-state index in [1.54, 1.807) is 0 Å². The molecule has 1 heterocycles. The Labute approximate surface area is 123 Å². The van der Waals surface area contributed by atoms with Crippen molar-refractivity contribution in [1.29, 1.82) is 0 Å². The van der Waals surface area contributed by atoms with Gasteiger partial charge in [-0.2, -0.15) is 0 Å². The number of likely N-dealkylation sites (tertiary alicyclic amines) is 1. The topological polar surface area (TPSA) is 102 Å². The van der Waals surface area contributed by atoms with Crippen LogP contribution in [0.2, 0.25) is 0 Å². The van der Waals surface area contributed by atoms with E-state index in [1.165, 1.54) is 18.2 Å². The van der Waals surface area contributed by atoms with E-state index >= 15 is 0 Å². The minimum absolute atomic E-state index is 0.0624. The molecule has 2 rings (SSSR count). The van der Waals surface area contributed by atoms with Crippen molar-refractivity contribution in [1.82, 2.24) is 10.2 Å². The summed E-state index contributed by atoms with van der Waals surface area (Å²) in [5, 5.41) is 13.7. The molecule has 0 aromatic heterocycles. The summed E-state index contributed by atoms with van der Waals surface area (Å²) in [4.78, 5) is 24.8. The molecule has 1 amide bonds. The van der Waals surface area contributed by atoms with Gasteiger partial charge in [-0.25, -0.2) is 0 Å². The molecule has 2 unspecified atom stereocenters. The van der Waals surface area contributed by atoms with Gasteiger partial charge in [-0.1, -0.05) is 6.92 Å². The highest BCUT2D eigenvalue weighted by Crippen LogP contribution is 2.21. The van der Waals surface area contributed by atoms with E-state index in [-0.39, 0.29) is 28.9 Å². The predicted octanol–water partition coefficient (Wildman–Crippen LogP) is 1.25. The van der Waals surface area contributed by atoms with Crippen molar-refractivity contribution in [2.45, 2.75) is 19.4 Å². The molecule has 2 atom stereocenters. The molecule has 0 saturated carbocycles. The van der Waals surface area contributed by atoms with Crippen LogP contribution in [0, 0.1) is 16.0 Å². The zero-order valence-electron chi connectivity index (χ0n) is 12.2. The van der Waals surface area contributed by atoms with E-state index in [0.29, 0.717) is 5.92 Å². The molecule has 114 valence electrons. The Morgan fingerprint density at radius 1 is 1.52 bits per heavy atom. The summed E-state index contributed by atoms with van der Waals surface area (Å²) in [5.74, 6) is -0.0229. The number of nitrogen functional groups attached to an aromatic ring is 1. The summed E-state index contributed by atoms with van der Waals surface area (Å²) >= 11 is 0. The number of nitrogens with two attached hydrogens (primary N) is 1. The van der Waals surface area contributed by atoms with Gasteiger partial charge >= 0.3 is 0 Å². The minimum atomic E-state index is -0.533. The van der Waals surface area contributed by atoms with Crippen molar-refractivity contribution in [3.63, 3.8) is 0 Å². The zero-order chi connectivity index (χ0) is 15.6. The summed E-state index contributed by atoms with van der Waals surface area (Å²) in [6.45, 7) is 3.91. The van der Waals surface area contributed by atoms with Crippen molar-refractivity contribution < 1.29 is 9.72 Å². The van der Waals surface area contributed by atoms with Gasteiger partial charge in [0.2, 0.25) is 0 Å². The Balaban J connectivity index is 2.13. The van der Waals surface area contributed by atoms with Gasteiger partial charge in [0.15, 0.2) is 0 Å². The third-order valence-electron chi connectivity index (χ3n) is 3.92. The molecule has 0 aliphatic carbocycles. The molecule has 1 aromatic carbocycles. The maximum absolute atomic E-state index is 12.3. The normalized spacial score (nSPS) is 22.8. The highest BCUT2D eigenvalue weighted by atomic mass is 16.6. The number of nitrogens with zero attached hydrogens (tertiary/aromatic N) is 2. The largest absolute Gasteiger partial charge is 0.398 e. The predicted molar refractivity (Wildman–Crippen MR) is 80.0 cm³/mol. The van der Waals surface area contributed by atoms with Crippen molar-refractivity contribution in [3.05, 3.63) is 33.9 Å². The van der Waals surface area contributed by atoms with Crippen LogP contribution in [0.3, 0.4) is 0 Å². The molecular formula is C14H20N4O3. The van der Waals surface area contributed by atoms with Crippen LogP contribution in [0.4, 0.5) is 11.4 Å². The number of rotatable bonds is 3. The van der Waals surface area contributed by atoms with Crippen molar-refractivity contribution in [2.75, 3.05) is 25.9 Å². The average molecular weight is 292 g/mol. The Bertz CT molecular complexity index is 561. The fourth-order valence-corrected chi connectivity index (χ4v) is 2.67. The lowest BCUT2D eigenvalue weighted by Crippen LogP contribution is -2.48. The molecule has 1 saturated heterocycles. The van der Waals surface area contributed by atoms with Gasteiger partial charge in [0, 0.05) is 30.4 Å². The van der Waals surface area contributed by atoms with Crippen molar-refractivity contribution in [2.24, 2.45) is 5.92 Å². The number of hydrogen-bond donors (Lipinski definition) is 2. The number of nitro benzene ring substituents is 1. The van der Waals surface area contributed by atoms with Gasteiger partial charge < -0.3 is 16.0 Å². The van der Waals surface area contributed by atoms with Crippen LogP contribution in [-0.2, 0) is 0 Å². The van der Waals surface area contributed by atoms with E-state index in [2.05, 4.69) is 17.1 Å². The third kappa shape index (κ3) is 3.49. The summed E-state index contributed by atoms with van der Waals surface area (Å²) < 4.78 is 0. The second-order valence-corrected chi connectivity index (χ2v) is 5.64. The lowest BCUT2D eigenvalue weighted by Gasteiger charge is -2.35. The molecule has 0 spiro atoms. The van der Waals surface area contributed by atoms with Gasteiger partial charge in [-0.05, 0) is 32.0 Å². The maximum atomic E-state index is 12.3. The van der Waals surface area contributed by atoms with Crippen LogP contribution in [0.1, 0.15) is 23.7 Å². The Hall–Kier alpha value is -2.15. The highest BCUT2D eigenvalue weighted by molar-refractivity contribution is 6.00. The van der Waals surface area contributed by atoms with Gasteiger partial charge in [0.25, 0.3) is 11.6 Å². The number of piperidine rings is 1. The first-order valence-corrected chi connectivity index (χ1v) is 6.92. The minimum Gasteiger partial charge on any atom is -0.398 e. The van der Waals surface area contributed by atoms with Gasteiger partial charge in [-0.15, -0.1) is 0 Å². The summed E-state index contributed by atoms with van der Waals surface area (Å²) in [7, 11) is 2.05.